The maximum absolute atomic E-state index is 13.3. The minimum Gasteiger partial charge on any atom is -0.295 e. The average Bonchev–Trinajstić information content (AvgIpc) is 2.48. The Hall–Kier alpha value is -1.89. The average molecular weight is 303 g/mol. The van der Waals surface area contributed by atoms with E-state index in [0.29, 0.717) is 11.6 Å². The molecule has 0 radical (unpaired) electrons. The van der Waals surface area contributed by atoms with Crippen LogP contribution < -0.4 is 0 Å². The molecule has 108 valence electrons. The first-order valence-electron chi connectivity index (χ1n) is 6.65. The van der Waals surface area contributed by atoms with Crippen molar-refractivity contribution in [3.8, 4) is 6.07 Å². The summed E-state index contributed by atoms with van der Waals surface area (Å²) in [6.07, 6.45) is 0. The van der Waals surface area contributed by atoms with Gasteiger partial charge in [-0.15, -0.1) is 0 Å². The highest BCUT2D eigenvalue weighted by Gasteiger charge is 2.13. The molecule has 1 unspecified atom stereocenters. The highest BCUT2D eigenvalue weighted by atomic mass is 35.5. The summed E-state index contributed by atoms with van der Waals surface area (Å²) in [4.78, 5) is 2.13. The third-order valence-corrected chi connectivity index (χ3v) is 3.81. The summed E-state index contributed by atoms with van der Waals surface area (Å²) in [7, 11) is 1.99. The molecule has 2 aromatic rings. The van der Waals surface area contributed by atoms with Crippen molar-refractivity contribution in [1.82, 2.24) is 4.90 Å². The summed E-state index contributed by atoms with van der Waals surface area (Å²) in [5.41, 5.74) is 2.10. The molecule has 0 spiro atoms. The van der Waals surface area contributed by atoms with Gasteiger partial charge in [-0.25, -0.2) is 4.39 Å². The number of hydrogen-bond donors (Lipinski definition) is 0. The Balaban J connectivity index is 2.14. The molecule has 0 heterocycles. The van der Waals surface area contributed by atoms with E-state index in [0.717, 1.165) is 11.1 Å². The van der Waals surface area contributed by atoms with Crippen molar-refractivity contribution in [2.75, 3.05) is 7.05 Å². The maximum atomic E-state index is 13.3. The SMILES string of the molecule is CC(c1cccc(Cl)c1)N(C)Cc1ccc(F)c(C#N)c1. The van der Waals surface area contributed by atoms with Gasteiger partial charge in [-0.1, -0.05) is 29.8 Å². The molecule has 2 nitrogen and oxygen atoms in total. The van der Waals surface area contributed by atoms with Crippen molar-refractivity contribution < 1.29 is 4.39 Å². The summed E-state index contributed by atoms with van der Waals surface area (Å²) >= 11 is 6.01. The monoisotopic (exact) mass is 302 g/mol. The molecule has 2 aromatic carbocycles. The van der Waals surface area contributed by atoms with Gasteiger partial charge in [0.05, 0.1) is 5.56 Å². The van der Waals surface area contributed by atoms with Gasteiger partial charge in [-0.05, 0) is 49.4 Å². The van der Waals surface area contributed by atoms with Crippen molar-refractivity contribution in [3.05, 3.63) is 70.0 Å². The molecular weight excluding hydrogens is 287 g/mol. The van der Waals surface area contributed by atoms with Crippen LogP contribution in [-0.2, 0) is 6.54 Å². The lowest BCUT2D eigenvalue weighted by Gasteiger charge is -2.25. The number of benzene rings is 2. The van der Waals surface area contributed by atoms with E-state index in [1.54, 1.807) is 12.1 Å². The van der Waals surface area contributed by atoms with E-state index in [2.05, 4.69) is 11.8 Å². The fourth-order valence-corrected chi connectivity index (χ4v) is 2.40. The van der Waals surface area contributed by atoms with Gasteiger partial charge in [0, 0.05) is 17.6 Å². The zero-order valence-electron chi connectivity index (χ0n) is 12.0. The largest absolute Gasteiger partial charge is 0.295 e. The quantitative estimate of drug-likeness (QED) is 0.829. The van der Waals surface area contributed by atoms with Crippen molar-refractivity contribution in [3.63, 3.8) is 0 Å². The molecule has 0 saturated carbocycles. The molecule has 0 fully saturated rings. The maximum Gasteiger partial charge on any atom is 0.140 e. The Labute approximate surface area is 129 Å². The van der Waals surface area contributed by atoms with Crippen molar-refractivity contribution in [2.45, 2.75) is 19.5 Å². The van der Waals surface area contributed by atoms with Gasteiger partial charge in [-0.3, -0.25) is 4.90 Å². The summed E-state index contributed by atoms with van der Waals surface area (Å²) in [6, 6.07) is 14.4. The lowest BCUT2D eigenvalue weighted by molar-refractivity contribution is 0.253. The number of halogens is 2. The van der Waals surface area contributed by atoms with Crippen LogP contribution in [0.5, 0.6) is 0 Å². The fraction of sp³-hybridized carbons (Fsp3) is 0.235. The van der Waals surface area contributed by atoms with E-state index in [1.165, 1.54) is 6.07 Å². The zero-order chi connectivity index (χ0) is 15.4. The summed E-state index contributed by atoms with van der Waals surface area (Å²) in [6.45, 7) is 2.71. The third kappa shape index (κ3) is 3.81. The highest BCUT2D eigenvalue weighted by molar-refractivity contribution is 6.30. The number of nitriles is 1. The highest BCUT2D eigenvalue weighted by Crippen LogP contribution is 2.23. The van der Waals surface area contributed by atoms with E-state index in [9.17, 15) is 4.39 Å². The van der Waals surface area contributed by atoms with Crippen LogP contribution >= 0.6 is 11.6 Å². The summed E-state index contributed by atoms with van der Waals surface area (Å²) < 4.78 is 13.3. The van der Waals surface area contributed by atoms with Gasteiger partial charge in [0.25, 0.3) is 0 Å². The molecule has 1 atom stereocenters. The number of nitrogens with zero attached hydrogens (tertiary/aromatic N) is 2. The molecule has 0 aromatic heterocycles. The van der Waals surface area contributed by atoms with Gasteiger partial charge >= 0.3 is 0 Å². The van der Waals surface area contributed by atoms with Crippen LogP contribution in [0.15, 0.2) is 42.5 Å². The molecule has 0 amide bonds. The predicted molar refractivity (Wildman–Crippen MR) is 82.4 cm³/mol. The first kappa shape index (κ1) is 15.5. The third-order valence-electron chi connectivity index (χ3n) is 3.58. The van der Waals surface area contributed by atoms with Gasteiger partial charge in [0.15, 0.2) is 0 Å². The van der Waals surface area contributed by atoms with E-state index in [-0.39, 0.29) is 11.6 Å². The van der Waals surface area contributed by atoms with E-state index >= 15 is 0 Å². The van der Waals surface area contributed by atoms with E-state index < -0.39 is 5.82 Å². The fourth-order valence-electron chi connectivity index (χ4n) is 2.20. The molecule has 0 N–H and O–H groups in total. The predicted octanol–water partition coefficient (Wildman–Crippen LogP) is 4.54. The Morgan fingerprint density at radius 2 is 2.05 bits per heavy atom. The van der Waals surface area contributed by atoms with E-state index in [1.807, 2.05) is 37.4 Å². The van der Waals surface area contributed by atoms with Crippen LogP contribution in [0.4, 0.5) is 4.39 Å². The summed E-state index contributed by atoms with van der Waals surface area (Å²) in [5.74, 6) is -0.480. The van der Waals surface area contributed by atoms with Crippen molar-refractivity contribution >= 4 is 11.6 Å². The minimum atomic E-state index is -0.480. The second-order valence-electron chi connectivity index (χ2n) is 5.07. The molecule has 4 heteroatoms. The summed E-state index contributed by atoms with van der Waals surface area (Å²) in [5, 5.41) is 9.59. The molecular formula is C17H16ClFN2. The Kier molecular flexibility index (Phi) is 4.95. The molecule has 0 saturated heterocycles. The van der Waals surface area contributed by atoms with Gasteiger partial charge < -0.3 is 0 Å². The van der Waals surface area contributed by atoms with Crippen LogP contribution in [0.3, 0.4) is 0 Å². The van der Waals surface area contributed by atoms with Crippen LogP contribution in [0, 0.1) is 17.1 Å². The lowest BCUT2D eigenvalue weighted by Crippen LogP contribution is -2.22. The number of hydrogen-bond acceptors (Lipinski definition) is 2. The van der Waals surface area contributed by atoms with Gasteiger partial charge in [0.1, 0.15) is 11.9 Å². The van der Waals surface area contributed by atoms with Crippen molar-refractivity contribution in [2.24, 2.45) is 0 Å². The van der Waals surface area contributed by atoms with Crippen molar-refractivity contribution in [1.29, 1.82) is 5.26 Å². The molecule has 0 aliphatic heterocycles. The van der Waals surface area contributed by atoms with Gasteiger partial charge in [-0.2, -0.15) is 5.26 Å². The van der Waals surface area contributed by atoms with Gasteiger partial charge in [0.2, 0.25) is 0 Å². The molecule has 21 heavy (non-hydrogen) atoms. The van der Waals surface area contributed by atoms with E-state index in [4.69, 9.17) is 16.9 Å². The second kappa shape index (κ2) is 6.71. The molecule has 0 aliphatic carbocycles. The molecule has 2 rings (SSSR count). The Morgan fingerprint density at radius 3 is 2.71 bits per heavy atom. The lowest BCUT2D eigenvalue weighted by atomic mass is 10.1. The smallest absolute Gasteiger partial charge is 0.140 e. The molecule has 0 bridgehead atoms. The zero-order valence-corrected chi connectivity index (χ0v) is 12.7. The first-order chi connectivity index (χ1) is 10.0. The minimum absolute atomic E-state index is 0.0799. The van der Waals surface area contributed by atoms with Crippen LogP contribution in [0.2, 0.25) is 5.02 Å². The number of rotatable bonds is 4. The normalized spacial score (nSPS) is 12.2. The topological polar surface area (TPSA) is 27.0 Å². The Morgan fingerprint density at radius 1 is 1.29 bits per heavy atom. The molecule has 0 aliphatic rings. The van der Waals surface area contributed by atoms with Crippen LogP contribution in [0.1, 0.15) is 29.7 Å². The standard InChI is InChI=1S/C17H16ClFN2/c1-12(14-4-3-5-16(18)9-14)21(2)11-13-6-7-17(19)15(8-13)10-20/h3-9,12H,11H2,1-2H3. The first-order valence-corrected chi connectivity index (χ1v) is 7.03. The van der Waals surface area contributed by atoms with Crippen LogP contribution in [-0.4, -0.2) is 11.9 Å². The second-order valence-corrected chi connectivity index (χ2v) is 5.51. The van der Waals surface area contributed by atoms with Crippen LogP contribution in [0.25, 0.3) is 0 Å². The Bertz CT molecular complexity index is 679.